The summed E-state index contributed by atoms with van der Waals surface area (Å²) in [5.74, 6) is 0.0342. The van der Waals surface area contributed by atoms with Gasteiger partial charge in [-0.05, 0) is 45.7 Å². The van der Waals surface area contributed by atoms with E-state index in [4.69, 9.17) is 0 Å². The van der Waals surface area contributed by atoms with Crippen LogP contribution < -0.4 is 10.6 Å². The Bertz CT molecular complexity index is 430. The third-order valence-corrected chi connectivity index (χ3v) is 3.66. The maximum Gasteiger partial charge on any atom is 0.251 e. The molecule has 0 saturated carbocycles. The Labute approximate surface area is 109 Å². The molecule has 1 aliphatic rings. The van der Waals surface area contributed by atoms with E-state index < -0.39 is 0 Å². The van der Waals surface area contributed by atoms with Gasteiger partial charge in [-0.1, -0.05) is 17.7 Å². The molecule has 2 N–H and O–H groups in total. The Balaban J connectivity index is 1.99. The molecule has 1 fully saturated rings. The summed E-state index contributed by atoms with van der Waals surface area (Å²) in [6.07, 6.45) is 2.16. The van der Waals surface area contributed by atoms with Crippen LogP contribution in [0.5, 0.6) is 0 Å². The lowest BCUT2D eigenvalue weighted by Gasteiger charge is -2.34. The van der Waals surface area contributed by atoms with E-state index in [1.165, 1.54) is 0 Å². The lowest BCUT2D eigenvalue weighted by molar-refractivity contribution is 0.0914. The minimum Gasteiger partial charge on any atom is -0.348 e. The zero-order chi connectivity index (χ0) is 13.1. The van der Waals surface area contributed by atoms with Crippen molar-refractivity contribution in [3.05, 3.63) is 35.4 Å². The molecule has 98 valence electrons. The van der Waals surface area contributed by atoms with Gasteiger partial charge in [-0.2, -0.15) is 0 Å². The number of carbonyl (C=O) groups excluding carboxylic acids is 1. The number of rotatable bonds is 2. The molecule has 0 radical (unpaired) electrons. The van der Waals surface area contributed by atoms with Crippen LogP contribution in [0, 0.1) is 6.92 Å². The number of hydrogen-bond acceptors (Lipinski definition) is 2. The van der Waals surface area contributed by atoms with Crippen molar-refractivity contribution in [2.75, 3.05) is 0 Å². The second-order valence-corrected chi connectivity index (χ2v) is 5.38. The van der Waals surface area contributed by atoms with Crippen LogP contribution >= 0.6 is 0 Å². The quantitative estimate of drug-likeness (QED) is 0.840. The van der Waals surface area contributed by atoms with Crippen LogP contribution in [0.25, 0.3) is 0 Å². The molecule has 3 heteroatoms. The van der Waals surface area contributed by atoms with Crippen molar-refractivity contribution in [1.82, 2.24) is 10.6 Å². The summed E-state index contributed by atoms with van der Waals surface area (Å²) in [5, 5.41) is 6.61. The molecule has 3 nitrogen and oxygen atoms in total. The molecule has 2 rings (SSSR count). The Kier molecular flexibility index (Phi) is 4.02. The molecule has 0 aliphatic carbocycles. The SMILES string of the molecule is Cc1cccc(C(=O)NC2CCC(C)NC2C)c1. The second kappa shape index (κ2) is 5.53. The van der Waals surface area contributed by atoms with E-state index in [1.807, 2.05) is 31.2 Å². The average molecular weight is 246 g/mol. The second-order valence-electron chi connectivity index (χ2n) is 5.38. The van der Waals surface area contributed by atoms with E-state index in [2.05, 4.69) is 24.5 Å². The highest BCUT2D eigenvalue weighted by Gasteiger charge is 2.25. The van der Waals surface area contributed by atoms with Gasteiger partial charge in [0.05, 0.1) is 0 Å². The zero-order valence-corrected chi connectivity index (χ0v) is 11.4. The fourth-order valence-electron chi connectivity index (χ4n) is 2.56. The Morgan fingerprint density at radius 1 is 1.33 bits per heavy atom. The molecule has 0 spiro atoms. The highest BCUT2D eigenvalue weighted by Crippen LogP contribution is 2.14. The van der Waals surface area contributed by atoms with Crippen molar-refractivity contribution in [3.63, 3.8) is 0 Å². The van der Waals surface area contributed by atoms with Crippen molar-refractivity contribution >= 4 is 5.91 Å². The van der Waals surface area contributed by atoms with Gasteiger partial charge in [0.15, 0.2) is 0 Å². The maximum absolute atomic E-state index is 12.2. The van der Waals surface area contributed by atoms with E-state index in [1.54, 1.807) is 0 Å². The Morgan fingerprint density at radius 3 is 2.78 bits per heavy atom. The van der Waals surface area contributed by atoms with Crippen LogP contribution in [0.3, 0.4) is 0 Å². The largest absolute Gasteiger partial charge is 0.348 e. The van der Waals surface area contributed by atoms with Gasteiger partial charge >= 0.3 is 0 Å². The van der Waals surface area contributed by atoms with Crippen molar-refractivity contribution in [1.29, 1.82) is 0 Å². The van der Waals surface area contributed by atoms with Crippen LogP contribution in [0.4, 0.5) is 0 Å². The van der Waals surface area contributed by atoms with E-state index in [0.29, 0.717) is 12.1 Å². The smallest absolute Gasteiger partial charge is 0.251 e. The molecule has 1 aromatic carbocycles. The fourth-order valence-corrected chi connectivity index (χ4v) is 2.56. The van der Waals surface area contributed by atoms with E-state index >= 15 is 0 Å². The van der Waals surface area contributed by atoms with Gasteiger partial charge < -0.3 is 10.6 Å². The molecule has 0 aromatic heterocycles. The summed E-state index contributed by atoms with van der Waals surface area (Å²) >= 11 is 0. The van der Waals surface area contributed by atoms with Gasteiger partial charge in [-0.3, -0.25) is 4.79 Å². The molecule has 3 atom stereocenters. The molecule has 1 heterocycles. The minimum atomic E-state index is 0.0342. The van der Waals surface area contributed by atoms with E-state index in [9.17, 15) is 4.79 Å². The Hall–Kier alpha value is -1.35. The fraction of sp³-hybridized carbons (Fsp3) is 0.533. The highest BCUT2D eigenvalue weighted by atomic mass is 16.1. The molecule has 1 aliphatic heterocycles. The van der Waals surface area contributed by atoms with Crippen molar-refractivity contribution in [2.45, 2.75) is 51.7 Å². The van der Waals surface area contributed by atoms with Gasteiger partial charge in [0, 0.05) is 23.7 Å². The molecular formula is C15H22N2O. The first-order chi connectivity index (χ1) is 8.56. The van der Waals surface area contributed by atoms with E-state index in [0.717, 1.165) is 24.0 Å². The first-order valence-corrected chi connectivity index (χ1v) is 6.70. The third-order valence-electron chi connectivity index (χ3n) is 3.66. The van der Waals surface area contributed by atoms with Gasteiger partial charge in [0.2, 0.25) is 0 Å². The van der Waals surface area contributed by atoms with Crippen LogP contribution in [0.2, 0.25) is 0 Å². The maximum atomic E-state index is 12.2. The molecule has 3 unspecified atom stereocenters. The summed E-state index contributed by atoms with van der Waals surface area (Å²) in [5.41, 5.74) is 1.87. The Morgan fingerprint density at radius 2 is 2.11 bits per heavy atom. The lowest BCUT2D eigenvalue weighted by Crippen LogP contribution is -2.54. The third kappa shape index (κ3) is 3.10. The molecule has 1 amide bonds. The summed E-state index contributed by atoms with van der Waals surface area (Å²) in [6, 6.07) is 8.84. The van der Waals surface area contributed by atoms with Crippen LogP contribution in [-0.2, 0) is 0 Å². The molecule has 0 bridgehead atoms. The predicted octanol–water partition coefficient (Wildman–Crippen LogP) is 2.25. The first kappa shape index (κ1) is 13.1. The van der Waals surface area contributed by atoms with Crippen molar-refractivity contribution in [2.24, 2.45) is 0 Å². The van der Waals surface area contributed by atoms with Crippen LogP contribution in [0.15, 0.2) is 24.3 Å². The summed E-state index contributed by atoms with van der Waals surface area (Å²) in [6.45, 7) is 6.33. The molecule has 1 aromatic rings. The number of piperidine rings is 1. The van der Waals surface area contributed by atoms with Crippen molar-refractivity contribution in [3.8, 4) is 0 Å². The van der Waals surface area contributed by atoms with Gasteiger partial charge in [0.1, 0.15) is 0 Å². The van der Waals surface area contributed by atoms with Crippen LogP contribution in [0.1, 0.15) is 42.6 Å². The average Bonchev–Trinajstić information content (AvgIpc) is 2.32. The lowest BCUT2D eigenvalue weighted by atomic mass is 9.95. The van der Waals surface area contributed by atoms with Gasteiger partial charge in [0.25, 0.3) is 5.91 Å². The van der Waals surface area contributed by atoms with E-state index in [-0.39, 0.29) is 11.9 Å². The summed E-state index contributed by atoms with van der Waals surface area (Å²) in [4.78, 5) is 12.2. The number of aryl methyl sites for hydroxylation is 1. The molecule has 1 saturated heterocycles. The zero-order valence-electron chi connectivity index (χ0n) is 11.4. The van der Waals surface area contributed by atoms with Crippen LogP contribution in [-0.4, -0.2) is 24.0 Å². The summed E-state index contributed by atoms with van der Waals surface area (Å²) < 4.78 is 0. The normalized spacial score (nSPS) is 27.8. The number of carbonyl (C=O) groups is 1. The van der Waals surface area contributed by atoms with Gasteiger partial charge in [-0.25, -0.2) is 0 Å². The minimum absolute atomic E-state index is 0.0342. The number of hydrogen-bond donors (Lipinski definition) is 2. The predicted molar refractivity (Wildman–Crippen MR) is 73.7 cm³/mol. The monoisotopic (exact) mass is 246 g/mol. The topological polar surface area (TPSA) is 41.1 Å². The number of amides is 1. The number of nitrogens with one attached hydrogen (secondary N) is 2. The molecule has 18 heavy (non-hydrogen) atoms. The summed E-state index contributed by atoms with van der Waals surface area (Å²) in [7, 11) is 0. The standard InChI is InChI=1S/C15H22N2O/c1-10-5-4-6-13(9-10)15(18)17-14-8-7-11(2)16-12(14)3/h4-6,9,11-12,14,16H,7-8H2,1-3H3,(H,17,18). The highest BCUT2D eigenvalue weighted by molar-refractivity contribution is 5.94. The number of benzene rings is 1. The van der Waals surface area contributed by atoms with Gasteiger partial charge in [-0.15, -0.1) is 0 Å². The van der Waals surface area contributed by atoms with Crippen molar-refractivity contribution < 1.29 is 4.79 Å². The first-order valence-electron chi connectivity index (χ1n) is 6.70. The molecular weight excluding hydrogens is 224 g/mol.